The molecule has 1 aliphatic rings. The van der Waals surface area contributed by atoms with Crippen molar-refractivity contribution in [3.05, 3.63) is 0 Å². The maximum absolute atomic E-state index is 13.2. The van der Waals surface area contributed by atoms with Gasteiger partial charge in [0.05, 0.1) is 6.07 Å². The number of amides is 1. The highest BCUT2D eigenvalue weighted by atomic mass is 19.3. The summed E-state index contributed by atoms with van der Waals surface area (Å²) >= 11 is 0. The predicted molar refractivity (Wildman–Crippen MR) is 42.4 cm³/mol. The van der Waals surface area contributed by atoms with Gasteiger partial charge in [0.15, 0.2) is 0 Å². The van der Waals surface area contributed by atoms with E-state index in [4.69, 9.17) is 5.26 Å². The minimum Gasteiger partial charge on any atom is -0.383 e. The lowest BCUT2D eigenvalue weighted by molar-refractivity contribution is -0.215. The fourth-order valence-corrected chi connectivity index (χ4v) is 1.27. The first-order valence-electron chi connectivity index (χ1n) is 4.19. The number of halogens is 2. The van der Waals surface area contributed by atoms with E-state index in [2.05, 4.69) is 0 Å². The van der Waals surface area contributed by atoms with E-state index >= 15 is 0 Å². The van der Waals surface area contributed by atoms with Crippen LogP contribution in [0.25, 0.3) is 0 Å². The third-order valence-electron chi connectivity index (χ3n) is 2.38. The van der Waals surface area contributed by atoms with Crippen LogP contribution in [0.4, 0.5) is 8.78 Å². The van der Waals surface area contributed by atoms with Crippen LogP contribution in [0.1, 0.15) is 19.3 Å². The summed E-state index contributed by atoms with van der Waals surface area (Å²) in [5.74, 6) is -5.39. The van der Waals surface area contributed by atoms with Crippen molar-refractivity contribution in [1.29, 1.82) is 5.26 Å². The van der Waals surface area contributed by atoms with Crippen molar-refractivity contribution in [3.8, 4) is 6.07 Å². The normalized spacial score (nSPS) is 19.3. The molecule has 0 spiro atoms. The molecule has 6 heteroatoms. The number of hydrogen-bond donors (Lipinski definition) is 2. The van der Waals surface area contributed by atoms with E-state index in [1.807, 2.05) is 0 Å². The summed E-state index contributed by atoms with van der Waals surface area (Å²) < 4.78 is 26.4. The van der Waals surface area contributed by atoms with E-state index in [0.717, 1.165) is 0 Å². The van der Waals surface area contributed by atoms with E-state index in [1.165, 1.54) is 6.07 Å². The number of aliphatic hydroxyl groups is 1. The van der Waals surface area contributed by atoms with Gasteiger partial charge in [-0.25, -0.2) is 0 Å². The lowest BCUT2D eigenvalue weighted by atomic mass is 9.75. The molecule has 14 heavy (non-hydrogen) atoms. The zero-order chi connectivity index (χ0) is 10.8. The summed E-state index contributed by atoms with van der Waals surface area (Å²) in [5.41, 5.74) is -2.22. The van der Waals surface area contributed by atoms with Crippen LogP contribution in [0, 0.1) is 11.3 Å². The molecule has 1 saturated carbocycles. The van der Waals surface area contributed by atoms with Crippen LogP contribution in [-0.4, -0.2) is 29.1 Å². The molecule has 1 fully saturated rings. The molecule has 0 radical (unpaired) electrons. The number of nitrogens with one attached hydrogen (secondary N) is 1. The first-order chi connectivity index (χ1) is 6.44. The molecule has 1 amide bonds. The minimum atomic E-state index is -3.80. The van der Waals surface area contributed by atoms with Gasteiger partial charge in [-0.05, 0) is 19.3 Å². The maximum Gasteiger partial charge on any atom is 0.352 e. The second kappa shape index (κ2) is 3.50. The minimum absolute atomic E-state index is 0.0834. The highest BCUT2D eigenvalue weighted by Crippen LogP contribution is 2.44. The van der Waals surface area contributed by atoms with E-state index in [1.54, 1.807) is 5.32 Å². The summed E-state index contributed by atoms with van der Waals surface area (Å²) in [6, 6.07) is 1.51. The Labute approximate surface area is 79.5 Å². The second-order valence-corrected chi connectivity index (χ2v) is 3.30. The molecule has 0 unspecified atom stereocenters. The molecule has 0 atom stereocenters. The summed E-state index contributed by atoms with van der Waals surface area (Å²) in [5, 5.41) is 19.1. The van der Waals surface area contributed by atoms with Crippen molar-refractivity contribution in [1.82, 2.24) is 5.32 Å². The number of carbonyl (C=O) groups excluding carboxylic acids is 1. The van der Waals surface area contributed by atoms with Crippen molar-refractivity contribution in [3.63, 3.8) is 0 Å². The monoisotopic (exact) mass is 204 g/mol. The van der Waals surface area contributed by atoms with E-state index in [9.17, 15) is 18.7 Å². The highest BCUT2D eigenvalue weighted by Gasteiger charge is 2.60. The van der Waals surface area contributed by atoms with Crippen molar-refractivity contribution >= 4 is 5.91 Å². The zero-order valence-corrected chi connectivity index (χ0v) is 7.39. The van der Waals surface area contributed by atoms with Gasteiger partial charge in [0.25, 0.3) is 5.91 Å². The molecule has 2 N–H and O–H groups in total. The fourth-order valence-electron chi connectivity index (χ4n) is 1.27. The van der Waals surface area contributed by atoms with Gasteiger partial charge in [0, 0.05) is 0 Å². The topological polar surface area (TPSA) is 73.1 Å². The van der Waals surface area contributed by atoms with Crippen molar-refractivity contribution in [2.24, 2.45) is 0 Å². The highest BCUT2D eigenvalue weighted by molar-refractivity contribution is 5.85. The molecule has 4 nitrogen and oxygen atoms in total. The predicted octanol–water partition coefficient (Wildman–Crippen LogP) is 0.176. The first kappa shape index (κ1) is 10.9. The van der Waals surface area contributed by atoms with E-state index in [-0.39, 0.29) is 12.8 Å². The third-order valence-corrected chi connectivity index (χ3v) is 2.38. The van der Waals surface area contributed by atoms with Crippen LogP contribution < -0.4 is 5.32 Å². The molecule has 0 heterocycles. The van der Waals surface area contributed by atoms with Crippen LogP contribution in [0.15, 0.2) is 0 Å². The van der Waals surface area contributed by atoms with Crippen LogP contribution in [0.5, 0.6) is 0 Å². The smallest absolute Gasteiger partial charge is 0.352 e. The molecule has 0 aromatic carbocycles. The lowest BCUT2D eigenvalue weighted by Crippen LogP contribution is -2.60. The van der Waals surface area contributed by atoms with Gasteiger partial charge in [-0.1, -0.05) is 0 Å². The Morgan fingerprint density at radius 2 is 2.21 bits per heavy atom. The Hall–Kier alpha value is -1.22. The molecule has 0 aromatic rings. The molecule has 0 aromatic heterocycles. The van der Waals surface area contributed by atoms with Crippen LogP contribution in [-0.2, 0) is 4.79 Å². The summed E-state index contributed by atoms with van der Waals surface area (Å²) in [6.45, 7) is -0.482. The number of nitriles is 1. The van der Waals surface area contributed by atoms with Crippen molar-refractivity contribution in [2.75, 3.05) is 6.54 Å². The molecule has 0 aliphatic heterocycles. The Morgan fingerprint density at radius 3 is 2.57 bits per heavy atom. The van der Waals surface area contributed by atoms with Crippen molar-refractivity contribution < 1.29 is 18.7 Å². The van der Waals surface area contributed by atoms with Gasteiger partial charge in [-0.2, -0.15) is 14.0 Å². The summed E-state index contributed by atoms with van der Waals surface area (Å²) in [6.07, 6.45) is 0.317. The van der Waals surface area contributed by atoms with Gasteiger partial charge >= 0.3 is 5.92 Å². The number of carbonyl (C=O) groups is 1. The largest absolute Gasteiger partial charge is 0.383 e. The van der Waals surface area contributed by atoms with Crippen LogP contribution in [0.3, 0.4) is 0 Å². The zero-order valence-electron chi connectivity index (χ0n) is 7.39. The quantitative estimate of drug-likeness (QED) is 0.644. The number of nitrogens with zero attached hydrogens (tertiary/aromatic N) is 1. The maximum atomic E-state index is 13.2. The van der Waals surface area contributed by atoms with Gasteiger partial charge < -0.3 is 10.4 Å². The number of rotatable bonds is 3. The van der Waals surface area contributed by atoms with Gasteiger partial charge in [0.2, 0.25) is 0 Å². The van der Waals surface area contributed by atoms with Crippen LogP contribution in [0.2, 0.25) is 0 Å². The second-order valence-electron chi connectivity index (χ2n) is 3.30. The first-order valence-corrected chi connectivity index (χ1v) is 4.19. The molecule has 0 saturated heterocycles. The summed E-state index contributed by atoms with van der Waals surface area (Å²) in [4.78, 5) is 10.9. The van der Waals surface area contributed by atoms with Crippen molar-refractivity contribution in [2.45, 2.75) is 30.8 Å². The average molecular weight is 204 g/mol. The third kappa shape index (κ3) is 1.55. The van der Waals surface area contributed by atoms with E-state index in [0.29, 0.717) is 6.42 Å². The Bertz CT molecular complexity index is 282. The Kier molecular flexibility index (Phi) is 2.71. The Balaban J connectivity index is 2.64. The number of hydrogen-bond acceptors (Lipinski definition) is 3. The lowest BCUT2D eigenvalue weighted by Gasteiger charge is -2.41. The van der Waals surface area contributed by atoms with E-state index < -0.39 is 24.0 Å². The molecule has 1 rings (SSSR count). The van der Waals surface area contributed by atoms with Gasteiger partial charge in [0.1, 0.15) is 12.1 Å². The molecular weight excluding hydrogens is 194 g/mol. The van der Waals surface area contributed by atoms with Gasteiger partial charge in [-0.15, -0.1) is 0 Å². The Morgan fingerprint density at radius 1 is 1.64 bits per heavy atom. The molecular formula is C8H10F2N2O2. The fraction of sp³-hybridized carbons (Fsp3) is 0.750. The average Bonchev–Trinajstić information content (AvgIpc) is 2.09. The molecule has 78 valence electrons. The SMILES string of the molecule is N#CCNC(=O)C(F)(F)C1(O)CCC1. The van der Waals surface area contributed by atoms with Gasteiger partial charge in [-0.3, -0.25) is 4.79 Å². The molecule has 1 aliphatic carbocycles. The molecule has 0 bridgehead atoms. The number of alkyl halides is 2. The standard InChI is InChI=1S/C8H10F2N2O2/c9-8(10,6(13)12-5-4-11)7(14)2-1-3-7/h14H,1-3,5H2,(H,12,13). The summed E-state index contributed by atoms with van der Waals surface area (Å²) in [7, 11) is 0. The van der Waals surface area contributed by atoms with Crippen LogP contribution >= 0.6 is 0 Å².